The minimum Gasteiger partial charge on any atom is -0.391 e. The van der Waals surface area contributed by atoms with E-state index in [1.54, 1.807) is 0 Å². The second-order valence-corrected chi connectivity index (χ2v) is 3.69. The molecule has 0 heterocycles. The van der Waals surface area contributed by atoms with Crippen LogP contribution in [0.25, 0.3) is 0 Å². The summed E-state index contributed by atoms with van der Waals surface area (Å²) in [5.74, 6) is 0. The molecular weight excluding hydrogens is 152 g/mol. The summed E-state index contributed by atoms with van der Waals surface area (Å²) in [7, 11) is 6.16. The van der Waals surface area contributed by atoms with E-state index < -0.39 is 0 Å². The molecule has 0 aromatic carbocycles. The summed E-state index contributed by atoms with van der Waals surface area (Å²) < 4.78 is 0.844. The van der Waals surface area contributed by atoms with Crippen LogP contribution in [0, 0.1) is 0 Å². The number of nitrogens with zero attached hydrogens (tertiary/aromatic N) is 1. The summed E-state index contributed by atoms with van der Waals surface area (Å²) in [5, 5.41) is 11.5. The Morgan fingerprint density at radius 1 is 1.08 bits per heavy atom. The first-order valence-electron chi connectivity index (χ1n) is 4.60. The van der Waals surface area contributed by atoms with Crippen molar-refractivity contribution in [1.82, 2.24) is 5.32 Å². The van der Waals surface area contributed by atoms with E-state index in [-0.39, 0.29) is 6.61 Å². The molecule has 0 bridgehead atoms. The van der Waals surface area contributed by atoms with E-state index in [1.807, 2.05) is 0 Å². The highest BCUT2D eigenvalue weighted by molar-refractivity contribution is 4.27. The molecule has 0 amide bonds. The van der Waals surface area contributed by atoms with Crippen LogP contribution in [0.2, 0.25) is 0 Å². The zero-order valence-electron chi connectivity index (χ0n) is 9.22. The molecule has 0 aliphatic carbocycles. The van der Waals surface area contributed by atoms with Gasteiger partial charge >= 0.3 is 0 Å². The molecule has 0 radical (unpaired) electrons. The number of aliphatic hydroxyl groups excluding tert-OH is 1. The van der Waals surface area contributed by atoms with Crippen LogP contribution in [0.1, 0.15) is 13.8 Å². The third-order valence-electron chi connectivity index (χ3n) is 1.27. The molecule has 3 heteroatoms. The predicted octanol–water partition coefficient (Wildman–Crippen LogP) is 0.301. The van der Waals surface area contributed by atoms with E-state index in [0.717, 1.165) is 24.1 Å². The Balaban J connectivity index is 0. The highest BCUT2D eigenvalue weighted by atomic mass is 16.3. The predicted molar refractivity (Wildman–Crippen MR) is 54.2 cm³/mol. The van der Waals surface area contributed by atoms with Crippen LogP contribution in [0.3, 0.4) is 0 Å². The zero-order chi connectivity index (χ0) is 10.0. The maximum absolute atomic E-state index is 8.39. The highest BCUT2D eigenvalue weighted by Crippen LogP contribution is 1.84. The first-order chi connectivity index (χ1) is 5.47. The maximum atomic E-state index is 8.39. The van der Waals surface area contributed by atoms with Crippen LogP contribution in [-0.2, 0) is 0 Å². The molecule has 0 saturated carbocycles. The average molecular weight is 177 g/mol. The van der Waals surface area contributed by atoms with E-state index in [2.05, 4.69) is 40.3 Å². The number of hydrogen-bond donors (Lipinski definition) is 2. The van der Waals surface area contributed by atoms with Gasteiger partial charge in [0.25, 0.3) is 0 Å². The van der Waals surface area contributed by atoms with Crippen molar-refractivity contribution in [3.63, 3.8) is 0 Å². The van der Waals surface area contributed by atoms with Gasteiger partial charge in [0, 0.05) is 0 Å². The number of quaternary nitrogens is 1. The fourth-order valence-corrected chi connectivity index (χ4v) is 0.550. The molecule has 0 rings (SSSR count). The monoisotopic (exact) mass is 177 g/mol. The van der Waals surface area contributed by atoms with Gasteiger partial charge in [0.1, 0.15) is 6.54 Å². The van der Waals surface area contributed by atoms with Gasteiger partial charge in [0.2, 0.25) is 0 Å². The molecule has 0 fully saturated rings. The SMILES string of the molecule is CCNCC.C[N+](C)(C)CCO. The van der Waals surface area contributed by atoms with Crippen molar-refractivity contribution in [2.75, 3.05) is 47.4 Å². The molecule has 76 valence electrons. The minimum absolute atomic E-state index is 0.281. The van der Waals surface area contributed by atoms with E-state index >= 15 is 0 Å². The first kappa shape index (κ1) is 14.4. The first-order valence-corrected chi connectivity index (χ1v) is 4.60. The molecule has 0 aromatic heterocycles. The Hall–Kier alpha value is -0.120. The summed E-state index contributed by atoms with van der Waals surface area (Å²) in [6.07, 6.45) is 0. The zero-order valence-corrected chi connectivity index (χ0v) is 9.22. The second kappa shape index (κ2) is 8.97. The molecule has 0 saturated heterocycles. The van der Waals surface area contributed by atoms with Crippen molar-refractivity contribution >= 4 is 0 Å². The molecule has 0 unspecified atom stereocenters. The van der Waals surface area contributed by atoms with Gasteiger partial charge in [0.15, 0.2) is 0 Å². The summed E-state index contributed by atoms with van der Waals surface area (Å²) in [5.41, 5.74) is 0. The smallest absolute Gasteiger partial charge is 0.101 e. The minimum atomic E-state index is 0.281. The van der Waals surface area contributed by atoms with Crippen molar-refractivity contribution in [2.45, 2.75) is 13.8 Å². The van der Waals surface area contributed by atoms with E-state index in [9.17, 15) is 0 Å². The van der Waals surface area contributed by atoms with Crippen LogP contribution in [0.15, 0.2) is 0 Å². The fourth-order valence-electron chi connectivity index (χ4n) is 0.550. The van der Waals surface area contributed by atoms with Crippen molar-refractivity contribution in [3.05, 3.63) is 0 Å². The van der Waals surface area contributed by atoms with Gasteiger partial charge < -0.3 is 14.9 Å². The Kier molecular flexibility index (Phi) is 10.8. The summed E-state index contributed by atoms with van der Waals surface area (Å²) in [6.45, 7) is 7.50. The Labute approximate surface area is 77.0 Å². The number of rotatable bonds is 4. The van der Waals surface area contributed by atoms with Crippen LogP contribution in [0.4, 0.5) is 0 Å². The number of nitrogens with one attached hydrogen (secondary N) is 1. The van der Waals surface area contributed by atoms with Gasteiger partial charge in [-0.15, -0.1) is 0 Å². The lowest BCUT2D eigenvalue weighted by molar-refractivity contribution is -0.870. The summed E-state index contributed by atoms with van der Waals surface area (Å²) >= 11 is 0. The third kappa shape index (κ3) is 22.5. The molecule has 0 aromatic rings. The molecular formula is C9H25N2O+. The van der Waals surface area contributed by atoms with Crippen LogP contribution in [-0.4, -0.2) is 57.0 Å². The quantitative estimate of drug-likeness (QED) is 0.605. The van der Waals surface area contributed by atoms with E-state index in [0.29, 0.717) is 0 Å². The Bertz CT molecular complexity index is 77.1. The fraction of sp³-hybridized carbons (Fsp3) is 1.00. The van der Waals surface area contributed by atoms with Gasteiger partial charge in [-0.1, -0.05) is 13.8 Å². The Morgan fingerprint density at radius 2 is 1.50 bits per heavy atom. The number of likely N-dealkylation sites (N-methyl/N-ethyl adjacent to an activating group) is 1. The van der Waals surface area contributed by atoms with Crippen molar-refractivity contribution in [2.24, 2.45) is 0 Å². The highest BCUT2D eigenvalue weighted by Gasteiger charge is 2.02. The molecule has 2 N–H and O–H groups in total. The number of hydrogen-bond acceptors (Lipinski definition) is 2. The van der Waals surface area contributed by atoms with Crippen molar-refractivity contribution in [1.29, 1.82) is 0 Å². The number of aliphatic hydroxyl groups is 1. The molecule has 3 nitrogen and oxygen atoms in total. The van der Waals surface area contributed by atoms with Crippen LogP contribution >= 0.6 is 0 Å². The largest absolute Gasteiger partial charge is 0.391 e. The topological polar surface area (TPSA) is 32.3 Å². The molecule has 0 atom stereocenters. The van der Waals surface area contributed by atoms with Gasteiger partial charge in [-0.25, -0.2) is 0 Å². The average Bonchev–Trinajstić information content (AvgIpc) is 1.87. The molecule has 0 aliphatic rings. The third-order valence-corrected chi connectivity index (χ3v) is 1.27. The van der Waals surface area contributed by atoms with Gasteiger partial charge in [-0.05, 0) is 13.1 Å². The van der Waals surface area contributed by atoms with E-state index in [4.69, 9.17) is 5.11 Å². The summed E-state index contributed by atoms with van der Waals surface area (Å²) in [4.78, 5) is 0. The maximum Gasteiger partial charge on any atom is 0.101 e. The molecule has 0 aliphatic heterocycles. The van der Waals surface area contributed by atoms with Gasteiger partial charge in [-0.3, -0.25) is 0 Å². The lowest BCUT2D eigenvalue weighted by atomic mass is 10.5. The molecule has 12 heavy (non-hydrogen) atoms. The standard InChI is InChI=1S/C5H14NO.C4H11N/c1-6(2,3)4-5-7;1-3-5-4-2/h7H,4-5H2,1-3H3;5H,3-4H2,1-2H3/q+1;. The summed E-state index contributed by atoms with van der Waals surface area (Å²) in [6, 6.07) is 0. The van der Waals surface area contributed by atoms with Crippen LogP contribution in [0.5, 0.6) is 0 Å². The lowest BCUT2D eigenvalue weighted by Crippen LogP contribution is -2.36. The normalized spacial score (nSPS) is 10.5. The van der Waals surface area contributed by atoms with Gasteiger partial charge in [0.05, 0.1) is 27.7 Å². The van der Waals surface area contributed by atoms with Crippen molar-refractivity contribution in [3.8, 4) is 0 Å². The van der Waals surface area contributed by atoms with Gasteiger partial charge in [-0.2, -0.15) is 0 Å². The van der Waals surface area contributed by atoms with E-state index in [1.165, 1.54) is 0 Å². The van der Waals surface area contributed by atoms with Crippen molar-refractivity contribution < 1.29 is 9.59 Å². The van der Waals surface area contributed by atoms with Crippen LogP contribution < -0.4 is 5.32 Å². The lowest BCUT2D eigenvalue weighted by Gasteiger charge is -2.21. The molecule has 0 spiro atoms. The Morgan fingerprint density at radius 3 is 1.50 bits per heavy atom. The second-order valence-electron chi connectivity index (χ2n) is 3.69.